The van der Waals surface area contributed by atoms with Gasteiger partial charge < -0.3 is 4.74 Å². The van der Waals surface area contributed by atoms with Crippen LogP contribution in [0.5, 0.6) is 0 Å². The molecule has 1 aliphatic heterocycles. The first-order valence-corrected chi connectivity index (χ1v) is 10.6. The zero-order valence-electron chi connectivity index (χ0n) is 17.3. The van der Waals surface area contributed by atoms with E-state index in [4.69, 9.17) is 21.3 Å². The van der Waals surface area contributed by atoms with Gasteiger partial charge in [0.1, 0.15) is 0 Å². The van der Waals surface area contributed by atoms with Crippen LogP contribution in [-0.2, 0) is 10.5 Å². The second kappa shape index (κ2) is 8.61. The number of nitro benzene ring substituents is 1. The Bertz CT molecular complexity index is 1080. The van der Waals surface area contributed by atoms with E-state index >= 15 is 0 Å². The standard InChI is InChI=1S/C25H23ClN2O3/c1-17-23(19-9-5-3-6-10-19)27-25(18(2)26,21-11-7-4-8-12-21)31-24(17)20-13-15-22(16-14-20)28(29)30/h3-18,24H,1-2H3/t17-,18?,24+,25-/m1/s1. The molecule has 0 N–H and O–H groups in total. The van der Waals surface area contributed by atoms with E-state index in [1.165, 1.54) is 12.1 Å². The van der Waals surface area contributed by atoms with Gasteiger partial charge in [-0.25, -0.2) is 4.99 Å². The number of nitrogens with zero attached hydrogens (tertiary/aromatic N) is 2. The molecule has 4 atom stereocenters. The Hall–Kier alpha value is -3.02. The molecule has 6 heteroatoms. The first-order chi connectivity index (χ1) is 14.9. The first-order valence-electron chi connectivity index (χ1n) is 10.2. The Morgan fingerprint density at radius 1 is 1.00 bits per heavy atom. The highest BCUT2D eigenvalue weighted by molar-refractivity contribution is 6.21. The molecule has 0 saturated heterocycles. The molecule has 31 heavy (non-hydrogen) atoms. The van der Waals surface area contributed by atoms with E-state index in [0.717, 1.165) is 22.4 Å². The fraction of sp³-hybridized carbons (Fsp3) is 0.240. The maximum Gasteiger partial charge on any atom is 0.269 e. The third-order valence-electron chi connectivity index (χ3n) is 5.71. The van der Waals surface area contributed by atoms with Gasteiger partial charge in [-0.3, -0.25) is 10.1 Å². The van der Waals surface area contributed by atoms with Crippen molar-refractivity contribution in [1.82, 2.24) is 0 Å². The molecule has 0 amide bonds. The van der Waals surface area contributed by atoms with Crippen LogP contribution in [0.2, 0.25) is 0 Å². The number of aliphatic imine (C=N–C) groups is 1. The molecule has 0 saturated carbocycles. The molecule has 158 valence electrons. The number of alkyl halides is 1. The molecular formula is C25H23ClN2O3. The van der Waals surface area contributed by atoms with Gasteiger partial charge in [0.05, 0.1) is 22.1 Å². The lowest BCUT2D eigenvalue weighted by atomic mass is 9.85. The van der Waals surface area contributed by atoms with Crippen LogP contribution < -0.4 is 0 Å². The van der Waals surface area contributed by atoms with Crippen molar-refractivity contribution < 1.29 is 9.66 Å². The van der Waals surface area contributed by atoms with E-state index in [1.807, 2.05) is 67.6 Å². The van der Waals surface area contributed by atoms with Crippen LogP contribution in [-0.4, -0.2) is 16.0 Å². The molecule has 0 radical (unpaired) electrons. The molecule has 0 fully saturated rings. The monoisotopic (exact) mass is 434 g/mol. The highest BCUT2D eigenvalue weighted by Crippen LogP contribution is 2.46. The molecule has 0 spiro atoms. The lowest BCUT2D eigenvalue weighted by molar-refractivity contribution is -0.384. The van der Waals surface area contributed by atoms with Gasteiger partial charge in [-0.05, 0) is 30.2 Å². The number of hydrogen-bond acceptors (Lipinski definition) is 4. The summed E-state index contributed by atoms with van der Waals surface area (Å²) in [5.41, 5.74) is 2.56. The van der Waals surface area contributed by atoms with Gasteiger partial charge in [0.15, 0.2) is 0 Å². The van der Waals surface area contributed by atoms with E-state index in [-0.39, 0.29) is 17.7 Å². The Balaban J connectivity index is 1.89. The lowest BCUT2D eigenvalue weighted by Gasteiger charge is -2.44. The van der Waals surface area contributed by atoms with E-state index in [2.05, 4.69) is 6.92 Å². The van der Waals surface area contributed by atoms with Crippen LogP contribution in [0, 0.1) is 16.0 Å². The quantitative estimate of drug-likeness (QED) is 0.270. The Morgan fingerprint density at radius 2 is 1.58 bits per heavy atom. The predicted octanol–water partition coefficient (Wildman–Crippen LogP) is 6.27. The van der Waals surface area contributed by atoms with Crippen LogP contribution in [0.4, 0.5) is 5.69 Å². The number of benzene rings is 3. The van der Waals surface area contributed by atoms with Gasteiger partial charge in [-0.15, -0.1) is 11.6 Å². The zero-order valence-corrected chi connectivity index (χ0v) is 18.1. The van der Waals surface area contributed by atoms with Crippen molar-refractivity contribution in [2.24, 2.45) is 10.9 Å². The summed E-state index contributed by atoms with van der Waals surface area (Å²) in [4.78, 5) is 15.8. The SMILES string of the molecule is CC(Cl)[C@@]1(c2ccccc2)N=C(c2ccccc2)[C@@H](C)[C@@H](c2ccc([N+](=O)[O-])cc2)O1. The Labute approximate surface area is 186 Å². The van der Waals surface area contributed by atoms with E-state index in [9.17, 15) is 10.1 Å². The maximum absolute atomic E-state index is 11.1. The molecule has 3 aromatic carbocycles. The Kier molecular flexibility index (Phi) is 5.90. The van der Waals surface area contributed by atoms with Crippen LogP contribution in [0.15, 0.2) is 89.9 Å². The highest BCUT2D eigenvalue weighted by Gasteiger charge is 2.47. The average Bonchev–Trinajstić information content (AvgIpc) is 2.80. The molecule has 0 aromatic heterocycles. The zero-order chi connectivity index (χ0) is 22.0. The van der Waals surface area contributed by atoms with Gasteiger partial charge in [0, 0.05) is 23.6 Å². The summed E-state index contributed by atoms with van der Waals surface area (Å²) in [7, 11) is 0. The van der Waals surface area contributed by atoms with Crippen LogP contribution in [0.3, 0.4) is 0 Å². The van der Waals surface area contributed by atoms with Crippen LogP contribution >= 0.6 is 11.6 Å². The van der Waals surface area contributed by atoms with Crippen LogP contribution in [0.1, 0.15) is 36.6 Å². The van der Waals surface area contributed by atoms with Crippen molar-refractivity contribution >= 4 is 23.0 Å². The molecule has 0 aliphatic carbocycles. The molecule has 0 bridgehead atoms. The normalized spacial score (nSPS) is 24.3. The van der Waals surface area contributed by atoms with Gasteiger partial charge in [0.25, 0.3) is 5.69 Å². The summed E-state index contributed by atoms with van der Waals surface area (Å²) in [6.45, 7) is 3.94. The molecule has 1 unspecified atom stereocenters. The molecule has 1 aliphatic rings. The summed E-state index contributed by atoms with van der Waals surface area (Å²) in [6, 6.07) is 26.3. The fourth-order valence-electron chi connectivity index (χ4n) is 4.05. The lowest BCUT2D eigenvalue weighted by Crippen LogP contribution is -2.45. The average molecular weight is 435 g/mol. The maximum atomic E-state index is 11.1. The number of halogens is 1. The molecule has 3 aromatic rings. The summed E-state index contributed by atoms with van der Waals surface area (Å²) >= 11 is 6.75. The fourth-order valence-corrected chi connectivity index (χ4v) is 4.27. The Morgan fingerprint density at radius 3 is 2.13 bits per heavy atom. The minimum atomic E-state index is -1.09. The second-order valence-electron chi connectivity index (χ2n) is 7.72. The summed E-state index contributed by atoms with van der Waals surface area (Å²) < 4.78 is 6.68. The van der Waals surface area contributed by atoms with Crippen LogP contribution in [0.25, 0.3) is 0 Å². The van der Waals surface area contributed by atoms with Crippen molar-refractivity contribution in [2.45, 2.75) is 31.1 Å². The second-order valence-corrected chi connectivity index (χ2v) is 8.37. The van der Waals surface area contributed by atoms with Crippen molar-refractivity contribution in [3.63, 3.8) is 0 Å². The largest absolute Gasteiger partial charge is 0.339 e. The first kappa shape index (κ1) is 21.2. The van der Waals surface area contributed by atoms with E-state index in [0.29, 0.717) is 0 Å². The van der Waals surface area contributed by atoms with Crippen molar-refractivity contribution in [1.29, 1.82) is 0 Å². The minimum absolute atomic E-state index is 0.0456. The highest BCUT2D eigenvalue weighted by atomic mass is 35.5. The minimum Gasteiger partial charge on any atom is -0.339 e. The van der Waals surface area contributed by atoms with Gasteiger partial charge in [-0.2, -0.15) is 0 Å². The third-order valence-corrected chi connectivity index (χ3v) is 6.00. The van der Waals surface area contributed by atoms with E-state index in [1.54, 1.807) is 12.1 Å². The number of non-ortho nitro benzene ring substituents is 1. The predicted molar refractivity (Wildman–Crippen MR) is 123 cm³/mol. The molecule has 4 rings (SSSR count). The number of rotatable bonds is 5. The van der Waals surface area contributed by atoms with Crippen molar-refractivity contribution in [3.05, 3.63) is 112 Å². The van der Waals surface area contributed by atoms with Gasteiger partial charge >= 0.3 is 0 Å². The van der Waals surface area contributed by atoms with Crippen molar-refractivity contribution in [2.75, 3.05) is 0 Å². The molecule has 1 heterocycles. The molecule has 5 nitrogen and oxygen atoms in total. The summed E-state index contributed by atoms with van der Waals surface area (Å²) in [5.74, 6) is -0.0869. The third kappa shape index (κ3) is 3.99. The molecular weight excluding hydrogens is 412 g/mol. The van der Waals surface area contributed by atoms with E-state index < -0.39 is 16.0 Å². The van der Waals surface area contributed by atoms with Gasteiger partial charge in [-0.1, -0.05) is 67.6 Å². The number of hydrogen-bond donors (Lipinski definition) is 0. The number of ether oxygens (including phenoxy) is 1. The van der Waals surface area contributed by atoms with Gasteiger partial charge in [0.2, 0.25) is 5.72 Å². The topological polar surface area (TPSA) is 64.7 Å². The van der Waals surface area contributed by atoms with Crippen molar-refractivity contribution in [3.8, 4) is 0 Å². The summed E-state index contributed by atoms with van der Waals surface area (Å²) in [6.07, 6.45) is -0.380. The number of nitro groups is 1. The summed E-state index contributed by atoms with van der Waals surface area (Å²) in [5, 5.41) is 10.6. The smallest absolute Gasteiger partial charge is 0.269 e.